The van der Waals surface area contributed by atoms with Gasteiger partial charge in [-0.3, -0.25) is 4.57 Å². The number of hydrogen-bond acceptors (Lipinski definition) is 5. The van der Waals surface area contributed by atoms with Crippen LogP contribution >= 0.6 is 12.2 Å². The van der Waals surface area contributed by atoms with Crippen LogP contribution in [0.1, 0.15) is 32.1 Å². The number of nitrogens with zero attached hydrogens (tertiary/aromatic N) is 2. The molecule has 0 aliphatic carbocycles. The Labute approximate surface area is 170 Å². The first-order valence-corrected chi connectivity index (χ1v) is 12.0. The third-order valence-corrected chi connectivity index (χ3v) is 7.89. The largest absolute Gasteiger partial charge is 0.429 e. The maximum atomic E-state index is 13.0. The van der Waals surface area contributed by atoms with Gasteiger partial charge in [-0.2, -0.15) is 4.31 Å². The van der Waals surface area contributed by atoms with Crippen molar-refractivity contribution in [2.75, 3.05) is 39.4 Å². The van der Waals surface area contributed by atoms with Gasteiger partial charge in [-0.25, -0.2) is 8.42 Å². The first-order valence-electron chi connectivity index (χ1n) is 10.1. The molecule has 0 radical (unpaired) electrons. The molecule has 0 spiro atoms. The summed E-state index contributed by atoms with van der Waals surface area (Å²) in [4.78, 5) is 2.17. The Kier molecular flexibility index (Phi) is 6.17. The quantitative estimate of drug-likeness (QED) is 0.755. The van der Waals surface area contributed by atoms with Crippen molar-refractivity contribution in [3.63, 3.8) is 0 Å². The number of fused-ring (bicyclic) bond motifs is 1. The van der Waals surface area contributed by atoms with Crippen molar-refractivity contribution in [1.29, 1.82) is 0 Å². The molecule has 7 nitrogen and oxygen atoms in total. The summed E-state index contributed by atoms with van der Waals surface area (Å²) in [7, 11) is -3.55. The lowest BCUT2D eigenvalue weighted by molar-refractivity contribution is -0.923. The highest BCUT2D eigenvalue weighted by Crippen LogP contribution is 2.24. The van der Waals surface area contributed by atoms with Gasteiger partial charge >= 0.3 is 0 Å². The standard InChI is InChI=1S/C19H27N3O4S2/c23-28(24,21-10-12-25-13-11-21)16-6-7-18-17(14-16)22(19(27)26-18)15-20-8-4-2-1-3-5-9-20/h6-7,14H,1-5,8-13,15H2/p+1. The molecule has 0 unspecified atom stereocenters. The zero-order valence-corrected chi connectivity index (χ0v) is 17.7. The van der Waals surface area contributed by atoms with E-state index in [9.17, 15) is 8.42 Å². The smallest absolute Gasteiger partial charge is 0.274 e. The van der Waals surface area contributed by atoms with E-state index >= 15 is 0 Å². The molecule has 4 rings (SSSR count). The molecule has 2 aliphatic rings. The van der Waals surface area contributed by atoms with Crippen LogP contribution in [0, 0.1) is 4.84 Å². The van der Waals surface area contributed by atoms with Crippen LogP contribution in [0.25, 0.3) is 11.1 Å². The summed E-state index contributed by atoms with van der Waals surface area (Å²) >= 11 is 5.45. The Morgan fingerprint density at radius 2 is 1.71 bits per heavy atom. The van der Waals surface area contributed by atoms with Gasteiger partial charge in [0.1, 0.15) is 0 Å². The van der Waals surface area contributed by atoms with Crippen molar-refractivity contribution in [2.45, 2.75) is 43.7 Å². The lowest BCUT2D eigenvalue weighted by Crippen LogP contribution is -3.11. The number of benzene rings is 1. The molecule has 1 aromatic carbocycles. The van der Waals surface area contributed by atoms with Crippen molar-refractivity contribution >= 4 is 33.3 Å². The number of likely N-dealkylation sites (tertiary alicyclic amines) is 1. The fourth-order valence-corrected chi connectivity index (χ4v) is 5.76. The topological polar surface area (TPSA) is 69.1 Å². The molecule has 0 atom stereocenters. The molecule has 2 aromatic rings. The van der Waals surface area contributed by atoms with Crippen molar-refractivity contribution in [1.82, 2.24) is 8.87 Å². The average molecular weight is 427 g/mol. The first-order chi connectivity index (χ1) is 13.6. The lowest BCUT2D eigenvalue weighted by Gasteiger charge is -2.26. The molecule has 0 amide bonds. The van der Waals surface area contributed by atoms with Crippen LogP contribution in [0.4, 0.5) is 0 Å². The summed E-state index contributed by atoms with van der Waals surface area (Å²) in [6, 6.07) is 5.04. The molecule has 28 heavy (non-hydrogen) atoms. The third kappa shape index (κ3) is 4.18. The molecule has 1 aromatic heterocycles. The zero-order valence-electron chi connectivity index (χ0n) is 16.1. The second-order valence-corrected chi connectivity index (χ2v) is 9.91. The summed E-state index contributed by atoms with van der Waals surface area (Å²) in [6.07, 6.45) is 6.32. The van der Waals surface area contributed by atoms with Crippen molar-refractivity contribution in [3.05, 3.63) is 23.0 Å². The molecule has 2 aliphatic heterocycles. The van der Waals surface area contributed by atoms with Gasteiger partial charge in [0, 0.05) is 13.1 Å². The molecule has 3 heterocycles. The number of morpholine rings is 1. The molecule has 1 N–H and O–H groups in total. The Morgan fingerprint density at radius 1 is 1.04 bits per heavy atom. The number of sulfonamides is 1. The van der Waals surface area contributed by atoms with Crippen molar-refractivity contribution in [3.8, 4) is 0 Å². The van der Waals surface area contributed by atoms with Gasteiger partial charge < -0.3 is 14.1 Å². The highest BCUT2D eigenvalue weighted by atomic mass is 32.2. The SMILES string of the molecule is O=S(=O)(c1ccc2oc(=S)n(C[NH+]3CCCCCCC3)c2c1)N1CCOCC1. The van der Waals surface area contributed by atoms with Gasteiger partial charge in [-0.1, -0.05) is 6.42 Å². The molecule has 2 saturated heterocycles. The maximum Gasteiger partial charge on any atom is 0.274 e. The van der Waals surface area contributed by atoms with E-state index in [0.717, 1.165) is 18.6 Å². The molecular weight excluding hydrogens is 398 g/mol. The predicted octanol–water partition coefficient (Wildman–Crippen LogP) is 1.79. The summed E-state index contributed by atoms with van der Waals surface area (Å²) in [5.74, 6) is 0. The second kappa shape index (κ2) is 8.62. The van der Waals surface area contributed by atoms with Crippen LogP contribution in [0.5, 0.6) is 0 Å². The number of aromatic nitrogens is 1. The number of oxazole rings is 1. The predicted molar refractivity (Wildman–Crippen MR) is 108 cm³/mol. The first kappa shape index (κ1) is 20.0. The highest BCUT2D eigenvalue weighted by molar-refractivity contribution is 7.89. The van der Waals surface area contributed by atoms with Crippen LogP contribution < -0.4 is 4.90 Å². The van der Waals surface area contributed by atoms with Gasteiger partial charge in [0.05, 0.1) is 36.7 Å². The van der Waals surface area contributed by atoms with Crippen LogP contribution in [0.15, 0.2) is 27.5 Å². The van der Waals surface area contributed by atoms with Crippen LogP contribution in [0.3, 0.4) is 0 Å². The number of quaternary nitrogens is 1. The fourth-order valence-electron chi connectivity index (χ4n) is 4.08. The van der Waals surface area contributed by atoms with Gasteiger partial charge in [0.2, 0.25) is 10.0 Å². The third-order valence-electron chi connectivity index (χ3n) is 5.69. The van der Waals surface area contributed by atoms with Crippen LogP contribution in [0.2, 0.25) is 0 Å². The Morgan fingerprint density at radius 3 is 2.43 bits per heavy atom. The Bertz CT molecular complexity index is 969. The van der Waals surface area contributed by atoms with E-state index in [4.69, 9.17) is 21.4 Å². The second-order valence-electron chi connectivity index (χ2n) is 7.62. The number of hydrogen-bond donors (Lipinski definition) is 1. The van der Waals surface area contributed by atoms with Gasteiger partial charge in [0.25, 0.3) is 4.84 Å². The Hall–Kier alpha value is -1.26. The van der Waals surface area contributed by atoms with Crippen molar-refractivity contribution in [2.24, 2.45) is 0 Å². The monoisotopic (exact) mass is 426 g/mol. The van der Waals surface area contributed by atoms with E-state index in [-0.39, 0.29) is 4.90 Å². The van der Waals surface area contributed by atoms with E-state index in [0.29, 0.717) is 43.4 Å². The number of ether oxygens (including phenoxy) is 1. The minimum Gasteiger partial charge on any atom is -0.429 e. The number of nitrogens with one attached hydrogen (secondary N) is 1. The van der Waals surface area contributed by atoms with Gasteiger partial charge in [-0.05, 0) is 56.1 Å². The number of rotatable bonds is 4. The normalized spacial score (nSPS) is 20.9. The lowest BCUT2D eigenvalue weighted by atomic mass is 10.1. The summed E-state index contributed by atoms with van der Waals surface area (Å²) in [5.41, 5.74) is 1.39. The highest BCUT2D eigenvalue weighted by Gasteiger charge is 2.27. The van der Waals surface area contributed by atoms with E-state index in [1.807, 2.05) is 4.57 Å². The van der Waals surface area contributed by atoms with Crippen molar-refractivity contribution < 1.29 is 22.5 Å². The van der Waals surface area contributed by atoms with Gasteiger partial charge in [-0.15, -0.1) is 0 Å². The molecular formula is C19H28N3O4S2+. The van der Waals surface area contributed by atoms with E-state index in [2.05, 4.69) is 0 Å². The fraction of sp³-hybridized carbons (Fsp3) is 0.632. The van der Waals surface area contributed by atoms with Gasteiger partial charge in [0.15, 0.2) is 12.3 Å². The summed E-state index contributed by atoms with van der Waals surface area (Å²) in [5, 5.41) is 0. The molecule has 154 valence electrons. The maximum absolute atomic E-state index is 13.0. The van der Waals surface area contributed by atoms with Crippen LogP contribution in [-0.2, 0) is 21.4 Å². The summed E-state index contributed by atoms with van der Waals surface area (Å²) in [6.45, 7) is 4.57. The van der Waals surface area contributed by atoms with E-state index in [1.54, 1.807) is 18.2 Å². The molecule has 0 bridgehead atoms. The average Bonchev–Trinajstić information content (AvgIpc) is 2.99. The molecule has 9 heteroatoms. The molecule has 0 saturated carbocycles. The Balaban J connectivity index is 1.65. The minimum atomic E-state index is -3.55. The summed E-state index contributed by atoms with van der Waals surface area (Å²) < 4.78 is 40.5. The molecule has 2 fully saturated rings. The van der Waals surface area contributed by atoms with Crippen LogP contribution in [-0.4, -0.2) is 56.7 Å². The van der Waals surface area contributed by atoms with E-state index in [1.165, 1.54) is 41.3 Å². The zero-order chi connectivity index (χ0) is 19.6. The minimum absolute atomic E-state index is 0.286. The van der Waals surface area contributed by atoms with E-state index < -0.39 is 10.0 Å².